The molecule has 0 radical (unpaired) electrons. The second kappa shape index (κ2) is 7.26. The van der Waals surface area contributed by atoms with E-state index in [1.165, 1.54) is 0 Å². The summed E-state index contributed by atoms with van der Waals surface area (Å²) >= 11 is 0. The first-order chi connectivity index (χ1) is 10.5. The Morgan fingerprint density at radius 2 is 1.77 bits per heavy atom. The van der Waals surface area contributed by atoms with Gasteiger partial charge in [-0.15, -0.1) is 0 Å². The lowest BCUT2D eigenvalue weighted by atomic mass is 10.1. The zero-order valence-corrected chi connectivity index (χ0v) is 12.5. The molecule has 0 aliphatic carbocycles. The maximum absolute atomic E-state index is 11.7. The zero-order valence-electron chi connectivity index (χ0n) is 12.5. The molecule has 1 amide bonds. The number of nitrogens with zero attached hydrogens (tertiary/aromatic N) is 1. The third kappa shape index (κ3) is 4.63. The molecule has 0 saturated carbocycles. The van der Waals surface area contributed by atoms with Gasteiger partial charge in [0.1, 0.15) is 11.5 Å². The first-order valence-electron chi connectivity index (χ1n) is 6.86. The molecule has 5 heteroatoms. The van der Waals surface area contributed by atoms with E-state index in [9.17, 15) is 9.90 Å². The number of aryl methyl sites for hydroxylation is 1. The van der Waals surface area contributed by atoms with Gasteiger partial charge in [0.15, 0.2) is 6.61 Å². The van der Waals surface area contributed by atoms with Crippen LogP contribution in [0.25, 0.3) is 0 Å². The molecular weight excluding hydrogens is 280 g/mol. The highest BCUT2D eigenvalue weighted by Gasteiger charge is 2.03. The fourth-order valence-corrected chi connectivity index (χ4v) is 1.73. The predicted octanol–water partition coefficient (Wildman–Crippen LogP) is 2.62. The molecule has 0 heterocycles. The second-order valence-electron chi connectivity index (χ2n) is 4.88. The summed E-state index contributed by atoms with van der Waals surface area (Å²) in [5.74, 6) is 0.491. The Balaban J connectivity index is 1.85. The molecule has 0 saturated heterocycles. The molecule has 114 valence electrons. The van der Waals surface area contributed by atoms with Crippen LogP contribution in [0.3, 0.4) is 0 Å². The Bertz CT molecular complexity index is 661. The number of hydrazone groups is 1. The number of carbonyl (C=O) groups is 1. The highest BCUT2D eigenvalue weighted by Crippen LogP contribution is 2.11. The maximum atomic E-state index is 11.7. The summed E-state index contributed by atoms with van der Waals surface area (Å²) in [5, 5.41) is 13.2. The first kappa shape index (κ1) is 15.6. The quantitative estimate of drug-likeness (QED) is 0.658. The number of hydrogen-bond donors (Lipinski definition) is 2. The average molecular weight is 298 g/mol. The number of rotatable bonds is 5. The molecule has 0 bridgehead atoms. The highest BCUT2D eigenvalue weighted by molar-refractivity contribution is 5.99. The van der Waals surface area contributed by atoms with E-state index in [0.29, 0.717) is 11.5 Å². The Labute approximate surface area is 129 Å². The van der Waals surface area contributed by atoms with Crippen molar-refractivity contribution in [2.45, 2.75) is 13.8 Å². The van der Waals surface area contributed by atoms with Crippen molar-refractivity contribution in [3.63, 3.8) is 0 Å². The van der Waals surface area contributed by atoms with Crippen LogP contribution in [-0.4, -0.2) is 23.3 Å². The van der Waals surface area contributed by atoms with Gasteiger partial charge in [0.2, 0.25) is 0 Å². The minimum Gasteiger partial charge on any atom is -0.508 e. The van der Waals surface area contributed by atoms with Crippen molar-refractivity contribution in [3.05, 3.63) is 59.7 Å². The Hall–Kier alpha value is -2.82. The molecular formula is C17H18N2O3. The van der Waals surface area contributed by atoms with E-state index in [0.717, 1.165) is 11.1 Å². The molecule has 2 rings (SSSR count). The van der Waals surface area contributed by atoms with Gasteiger partial charge in [-0.2, -0.15) is 5.10 Å². The topological polar surface area (TPSA) is 70.9 Å². The average Bonchev–Trinajstić information content (AvgIpc) is 2.52. The fraction of sp³-hybridized carbons (Fsp3) is 0.176. The van der Waals surface area contributed by atoms with Crippen LogP contribution < -0.4 is 10.2 Å². The van der Waals surface area contributed by atoms with Crippen LogP contribution in [0.15, 0.2) is 53.6 Å². The standard InChI is InChI=1S/C17H18N2O3/c1-12-3-9-16(10-4-12)22-11-17(21)19-18-13(2)14-5-7-15(20)8-6-14/h3-10,20H,11H2,1-2H3,(H,19,21). The monoisotopic (exact) mass is 298 g/mol. The highest BCUT2D eigenvalue weighted by atomic mass is 16.5. The van der Waals surface area contributed by atoms with E-state index < -0.39 is 0 Å². The van der Waals surface area contributed by atoms with Gasteiger partial charge in [0.25, 0.3) is 5.91 Å². The molecule has 2 N–H and O–H groups in total. The van der Waals surface area contributed by atoms with Crippen LogP contribution in [0.5, 0.6) is 11.5 Å². The Kier molecular flexibility index (Phi) is 5.14. The number of nitrogens with one attached hydrogen (secondary N) is 1. The normalized spacial score (nSPS) is 11.1. The van der Waals surface area contributed by atoms with Gasteiger partial charge in [-0.25, -0.2) is 5.43 Å². The third-order valence-corrected chi connectivity index (χ3v) is 3.02. The first-order valence-corrected chi connectivity index (χ1v) is 6.86. The zero-order chi connectivity index (χ0) is 15.9. The summed E-state index contributed by atoms with van der Waals surface area (Å²) in [6.07, 6.45) is 0. The van der Waals surface area contributed by atoms with E-state index in [4.69, 9.17) is 4.74 Å². The predicted molar refractivity (Wildman–Crippen MR) is 85.1 cm³/mol. The van der Waals surface area contributed by atoms with Crippen LogP contribution in [0, 0.1) is 6.92 Å². The van der Waals surface area contributed by atoms with Crippen molar-refractivity contribution in [1.29, 1.82) is 0 Å². The van der Waals surface area contributed by atoms with E-state index in [1.807, 2.05) is 31.2 Å². The van der Waals surface area contributed by atoms with Gasteiger partial charge in [-0.1, -0.05) is 17.7 Å². The molecule has 5 nitrogen and oxygen atoms in total. The molecule has 22 heavy (non-hydrogen) atoms. The number of phenolic OH excluding ortho intramolecular Hbond substituents is 1. The molecule has 0 atom stereocenters. The van der Waals surface area contributed by atoms with Crippen LogP contribution in [0.1, 0.15) is 18.1 Å². The number of phenols is 1. The van der Waals surface area contributed by atoms with Gasteiger partial charge in [-0.3, -0.25) is 4.79 Å². The summed E-state index contributed by atoms with van der Waals surface area (Å²) in [5.41, 5.74) is 5.03. The van der Waals surface area contributed by atoms with Gasteiger partial charge < -0.3 is 9.84 Å². The van der Waals surface area contributed by atoms with Crippen molar-refractivity contribution in [2.75, 3.05) is 6.61 Å². The van der Waals surface area contributed by atoms with E-state index in [2.05, 4.69) is 10.5 Å². The molecule has 2 aromatic carbocycles. The van der Waals surface area contributed by atoms with Crippen molar-refractivity contribution in [2.24, 2.45) is 5.10 Å². The van der Waals surface area contributed by atoms with Gasteiger partial charge >= 0.3 is 0 Å². The van der Waals surface area contributed by atoms with Gasteiger partial charge in [0.05, 0.1) is 5.71 Å². The van der Waals surface area contributed by atoms with E-state index in [1.54, 1.807) is 31.2 Å². The lowest BCUT2D eigenvalue weighted by Gasteiger charge is -2.06. The van der Waals surface area contributed by atoms with Crippen LogP contribution in [-0.2, 0) is 4.79 Å². The molecule has 2 aromatic rings. The van der Waals surface area contributed by atoms with Crippen molar-refractivity contribution in [3.8, 4) is 11.5 Å². The largest absolute Gasteiger partial charge is 0.508 e. The summed E-state index contributed by atoms with van der Waals surface area (Å²) in [6.45, 7) is 3.65. The van der Waals surface area contributed by atoms with Gasteiger partial charge in [0, 0.05) is 0 Å². The second-order valence-corrected chi connectivity index (χ2v) is 4.88. The molecule has 0 fully saturated rings. The number of carbonyl (C=O) groups excluding carboxylic acids is 1. The number of ether oxygens (including phenoxy) is 1. The lowest BCUT2D eigenvalue weighted by Crippen LogP contribution is -2.25. The van der Waals surface area contributed by atoms with E-state index in [-0.39, 0.29) is 18.3 Å². The lowest BCUT2D eigenvalue weighted by molar-refractivity contribution is -0.123. The summed E-state index contributed by atoms with van der Waals surface area (Å²) in [6, 6.07) is 14.0. The molecule has 0 unspecified atom stereocenters. The summed E-state index contributed by atoms with van der Waals surface area (Å²) in [4.78, 5) is 11.7. The third-order valence-electron chi connectivity index (χ3n) is 3.02. The van der Waals surface area contributed by atoms with E-state index >= 15 is 0 Å². The molecule has 0 aliphatic heterocycles. The van der Waals surface area contributed by atoms with Gasteiger partial charge in [-0.05, 0) is 55.8 Å². The minimum absolute atomic E-state index is 0.102. The smallest absolute Gasteiger partial charge is 0.277 e. The van der Waals surface area contributed by atoms with Crippen molar-refractivity contribution < 1.29 is 14.6 Å². The Morgan fingerprint density at radius 1 is 1.14 bits per heavy atom. The number of amides is 1. The number of hydrogen-bond acceptors (Lipinski definition) is 4. The minimum atomic E-state index is -0.335. The van der Waals surface area contributed by atoms with Crippen LogP contribution in [0.2, 0.25) is 0 Å². The summed E-state index contributed by atoms with van der Waals surface area (Å²) < 4.78 is 5.36. The van der Waals surface area contributed by atoms with Crippen molar-refractivity contribution in [1.82, 2.24) is 5.43 Å². The molecule has 0 aromatic heterocycles. The Morgan fingerprint density at radius 3 is 2.41 bits per heavy atom. The number of benzene rings is 2. The summed E-state index contributed by atoms with van der Waals surface area (Å²) in [7, 11) is 0. The fourth-order valence-electron chi connectivity index (χ4n) is 1.73. The van der Waals surface area contributed by atoms with Crippen molar-refractivity contribution >= 4 is 11.6 Å². The van der Waals surface area contributed by atoms with Crippen LogP contribution in [0.4, 0.5) is 0 Å². The van der Waals surface area contributed by atoms with Crippen LogP contribution >= 0.6 is 0 Å². The maximum Gasteiger partial charge on any atom is 0.277 e. The number of aromatic hydroxyl groups is 1. The molecule has 0 spiro atoms. The SMILES string of the molecule is CC(=NNC(=O)COc1ccc(C)cc1)c1ccc(O)cc1. The molecule has 0 aliphatic rings.